The summed E-state index contributed by atoms with van der Waals surface area (Å²) in [6.07, 6.45) is -2.48. The van der Waals surface area contributed by atoms with Crippen molar-refractivity contribution in [3.8, 4) is 10.4 Å². The minimum Gasteiger partial charge on any atom is -0.443 e. The molecule has 1 atom stereocenters. The summed E-state index contributed by atoms with van der Waals surface area (Å²) in [5.74, 6) is -0.209. The first-order chi connectivity index (χ1) is 19.4. The largest absolute Gasteiger partial charge is 0.443 e. The fourth-order valence-electron chi connectivity index (χ4n) is 4.34. The smallest absolute Gasteiger partial charge is 0.433 e. The number of hydrogen-bond donors (Lipinski definition) is 3. The maximum absolute atomic E-state index is 13.1. The first-order valence-corrected chi connectivity index (χ1v) is 15.2. The number of benzene rings is 1. The molecule has 16 heteroatoms. The van der Waals surface area contributed by atoms with Gasteiger partial charge < -0.3 is 15.2 Å². The van der Waals surface area contributed by atoms with E-state index >= 15 is 0 Å². The number of amides is 1. The van der Waals surface area contributed by atoms with E-state index in [1.54, 1.807) is 39.1 Å². The van der Waals surface area contributed by atoms with E-state index in [-0.39, 0.29) is 31.9 Å². The summed E-state index contributed by atoms with van der Waals surface area (Å²) < 4.78 is 72.8. The van der Waals surface area contributed by atoms with Crippen LogP contribution in [0.4, 0.5) is 29.6 Å². The lowest BCUT2D eigenvalue weighted by atomic mass is 9.96. The number of aliphatic hydroxyl groups is 1. The second-order valence-electron chi connectivity index (χ2n) is 10.9. The number of thiazole rings is 1. The van der Waals surface area contributed by atoms with Gasteiger partial charge in [0, 0.05) is 31.2 Å². The third-order valence-electron chi connectivity index (χ3n) is 6.19. The summed E-state index contributed by atoms with van der Waals surface area (Å²) in [5.41, 5.74) is -1.37. The molecular formula is C26H31F3N6O5S2. The molecule has 1 unspecified atom stereocenters. The molecule has 3 aromatic rings. The minimum atomic E-state index is -4.61. The van der Waals surface area contributed by atoms with Crippen molar-refractivity contribution in [2.75, 3.05) is 18.4 Å². The topological polar surface area (TPSA) is 147 Å². The van der Waals surface area contributed by atoms with E-state index in [1.807, 2.05) is 17.7 Å². The molecule has 0 bridgehead atoms. The number of nitrogens with zero attached hydrogens (tertiary/aromatic N) is 4. The van der Waals surface area contributed by atoms with Crippen molar-refractivity contribution in [2.24, 2.45) is 0 Å². The third kappa shape index (κ3) is 7.93. The number of nitrogens with one attached hydrogen (secondary N) is 2. The zero-order valence-electron chi connectivity index (χ0n) is 23.3. The lowest BCUT2D eigenvalue weighted by molar-refractivity contribution is -0.141. The van der Waals surface area contributed by atoms with Crippen LogP contribution < -0.4 is 10.0 Å². The summed E-state index contributed by atoms with van der Waals surface area (Å²) in [7, 11) is -4.19. The van der Waals surface area contributed by atoms with E-state index in [1.165, 1.54) is 11.3 Å². The highest BCUT2D eigenvalue weighted by Gasteiger charge is 2.38. The fraction of sp³-hybridized carbons (Fsp3) is 0.462. The lowest BCUT2D eigenvalue weighted by Gasteiger charge is -2.25. The van der Waals surface area contributed by atoms with Crippen LogP contribution in [-0.4, -0.2) is 57.6 Å². The molecule has 228 valence electrons. The van der Waals surface area contributed by atoms with E-state index in [0.717, 1.165) is 22.1 Å². The second kappa shape index (κ2) is 11.7. The van der Waals surface area contributed by atoms with Crippen LogP contribution in [0.2, 0.25) is 0 Å². The summed E-state index contributed by atoms with van der Waals surface area (Å²) in [6, 6.07) is 6.09. The Bertz CT molecular complexity index is 1560. The maximum Gasteiger partial charge on any atom is 0.433 e. The Hall–Kier alpha value is -3.34. The highest BCUT2D eigenvalue weighted by atomic mass is 32.2. The molecule has 4 rings (SSSR count). The van der Waals surface area contributed by atoms with Crippen LogP contribution >= 0.6 is 11.3 Å². The molecule has 1 aliphatic rings. The molecule has 0 aliphatic carbocycles. The van der Waals surface area contributed by atoms with Gasteiger partial charge in [-0.2, -0.15) is 25.9 Å². The predicted octanol–water partition coefficient (Wildman–Crippen LogP) is 5.11. The van der Waals surface area contributed by atoms with Crippen molar-refractivity contribution in [1.29, 1.82) is 0 Å². The van der Waals surface area contributed by atoms with E-state index < -0.39 is 39.4 Å². The van der Waals surface area contributed by atoms with E-state index in [2.05, 4.69) is 20.3 Å². The van der Waals surface area contributed by atoms with Crippen LogP contribution in [0.1, 0.15) is 56.3 Å². The molecule has 1 amide bonds. The van der Waals surface area contributed by atoms with Gasteiger partial charge in [0.05, 0.1) is 4.88 Å². The Balaban J connectivity index is 1.49. The molecule has 0 radical (unpaired) electrons. The molecular weight excluding hydrogens is 597 g/mol. The summed E-state index contributed by atoms with van der Waals surface area (Å²) in [6.45, 7) is 6.70. The Morgan fingerprint density at radius 3 is 2.57 bits per heavy atom. The molecule has 1 aromatic carbocycles. The summed E-state index contributed by atoms with van der Waals surface area (Å²) in [4.78, 5) is 24.6. The number of halogens is 3. The predicted molar refractivity (Wildman–Crippen MR) is 150 cm³/mol. The lowest BCUT2D eigenvalue weighted by Crippen LogP contribution is -2.45. The van der Waals surface area contributed by atoms with Crippen LogP contribution in [0, 0.1) is 6.92 Å². The number of rotatable bonds is 6. The highest BCUT2D eigenvalue weighted by Crippen LogP contribution is 2.39. The van der Waals surface area contributed by atoms with Gasteiger partial charge in [0.2, 0.25) is 5.95 Å². The number of carbonyl (C=O) groups excluding carboxylic acids is 1. The molecule has 0 saturated carbocycles. The molecule has 2 aromatic heterocycles. The van der Waals surface area contributed by atoms with Crippen molar-refractivity contribution in [1.82, 2.24) is 24.0 Å². The minimum absolute atomic E-state index is 0.0443. The Morgan fingerprint density at radius 1 is 1.14 bits per heavy atom. The van der Waals surface area contributed by atoms with Gasteiger partial charge >= 0.3 is 22.5 Å². The van der Waals surface area contributed by atoms with Crippen molar-refractivity contribution >= 4 is 39.3 Å². The highest BCUT2D eigenvalue weighted by molar-refractivity contribution is 7.87. The van der Waals surface area contributed by atoms with E-state index in [9.17, 15) is 31.5 Å². The maximum atomic E-state index is 13.1. The number of hydrogen-bond acceptors (Lipinski definition) is 10. The van der Waals surface area contributed by atoms with Gasteiger partial charge in [-0.05, 0) is 76.3 Å². The quantitative estimate of drug-likeness (QED) is 0.339. The van der Waals surface area contributed by atoms with Crippen LogP contribution in [0.3, 0.4) is 0 Å². The van der Waals surface area contributed by atoms with Crippen LogP contribution in [-0.2, 0) is 26.7 Å². The molecule has 1 saturated heterocycles. The number of ether oxygens (including phenoxy) is 1. The van der Waals surface area contributed by atoms with Crippen LogP contribution in [0.5, 0.6) is 0 Å². The molecule has 0 spiro atoms. The van der Waals surface area contributed by atoms with Crippen LogP contribution in [0.25, 0.3) is 10.4 Å². The SMILES string of the molecule is Cc1cc(Nc2nccc(C(F)(F)F)n2)cc(-c2cnc(C3(O)CCCN(S(=O)(=O)NC(=O)OC(C)(C)C)CC3)s2)c1. The van der Waals surface area contributed by atoms with E-state index in [4.69, 9.17) is 4.74 Å². The zero-order chi connectivity index (χ0) is 30.9. The number of aryl methyl sites for hydroxylation is 1. The number of anilines is 2. The summed E-state index contributed by atoms with van der Waals surface area (Å²) >= 11 is 1.23. The zero-order valence-corrected chi connectivity index (χ0v) is 25.0. The number of carbonyl (C=O) groups is 1. The van der Waals surface area contributed by atoms with Gasteiger partial charge in [-0.25, -0.2) is 24.5 Å². The Morgan fingerprint density at radius 2 is 1.88 bits per heavy atom. The van der Waals surface area contributed by atoms with Crippen molar-refractivity contribution < 1.29 is 36.2 Å². The fourth-order valence-corrected chi connectivity index (χ4v) is 6.47. The van der Waals surface area contributed by atoms with Crippen molar-refractivity contribution in [3.05, 3.63) is 52.9 Å². The average molecular weight is 629 g/mol. The first kappa shape index (κ1) is 31.6. The van der Waals surface area contributed by atoms with Gasteiger partial charge in [0.1, 0.15) is 21.9 Å². The second-order valence-corrected chi connectivity index (χ2v) is 13.6. The molecule has 3 N–H and O–H groups in total. The van der Waals surface area contributed by atoms with Crippen LogP contribution in [0.15, 0.2) is 36.7 Å². The van der Waals surface area contributed by atoms with Gasteiger partial charge in [-0.3, -0.25) is 0 Å². The first-order valence-electron chi connectivity index (χ1n) is 12.9. The molecule has 11 nitrogen and oxygen atoms in total. The molecule has 3 heterocycles. The Labute approximate surface area is 245 Å². The summed E-state index contributed by atoms with van der Waals surface area (Å²) in [5, 5.41) is 14.7. The monoisotopic (exact) mass is 628 g/mol. The standard InChI is InChI=1S/C26H31F3N6O5S2/c1-16-12-17(14-18(13-16)32-22-30-9-6-20(33-22)26(27,28)29)19-15-31-21(41-19)25(37)7-5-10-35(11-8-25)42(38,39)34-23(36)40-24(2,3)4/h6,9,12-15,37H,5,7-8,10-11H2,1-4H3,(H,34,36)(H,30,32,33). The normalized spacial score (nSPS) is 18.8. The van der Waals surface area contributed by atoms with Gasteiger partial charge in [-0.15, -0.1) is 11.3 Å². The number of alkyl halides is 3. The van der Waals surface area contributed by atoms with Crippen molar-refractivity contribution in [2.45, 2.75) is 64.3 Å². The average Bonchev–Trinajstić information content (AvgIpc) is 3.26. The number of aromatic nitrogens is 3. The molecule has 42 heavy (non-hydrogen) atoms. The molecule has 1 fully saturated rings. The van der Waals surface area contributed by atoms with Gasteiger partial charge in [-0.1, -0.05) is 6.07 Å². The third-order valence-corrected chi connectivity index (χ3v) is 8.90. The molecule has 1 aliphatic heterocycles. The van der Waals surface area contributed by atoms with E-state index in [0.29, 0.717) is 27.6 Å². The van der Waals surface area contributed by atoms with Gasteiger partial charge in [0.15, 0.2) is 0 Å². The Kier molecular flexibility index (Phi) is 8.83. The van der Waals surface area contributed by atoms with Crippen molar-refractivity contribution in [3.63, 3.8) is 0 Å². The van der Waals surface area contributed by atoms with Gasteiger partial charge in [0.25, 0.3) is 0 Å².